The number of aromatic amines is 1. The van der Waals surface area contributed by atoms with Gasteiger partial charge in [0.2, 0.25) is 0 Å². The van der Waals surface area contributed by atoms with Gasteiger partial charge in [0.25, 0.3) is 0 Å². The van der Waals surface area contributed by atoms with E-state index in [2.05, 4.69) is 57.5 Å². The largest absolute Gasteiger partial charge is 0.355 e. The van der Waals surface area contributed by atoms with Gasteiger partial charge in [-0.3, -0.25) is 0 Å². The van der Waals surface area contributed by atoms with Gasteiger partial charge in [0.1, 0.15) is 17.8 Å². The summed E-state index contributed by atoms with van der Waals surface area (Å²) in [6, 6.07) is 11.5. The van der Waals surface area contributed by atoms with E-state index in [0.717, 1.165) is 35.8 Å². The van der Waals surface area contributed by atoms with Gasteiger partial charge in [0.15, 0.2) is 7.28 Å². The van der Waals surface area contributed by atoms with E-state index in [0.29, 0.717) is 5.92 Å². The highest BCUT2D eigenvalue weighted by Crippen LogP contribution is 2.32. The van der Waals surface area contributed by atoms with Crippen LogP contribution < -0.4 is 10.4 Å². The Morgan fingerprint density at radius 2 is 1.69 bits per heavy atom. The highest BCUT2D eigenvalue weighted by Gasteiger charge is 2.24. The first kappa shape index (κ1) is 21.5. The average molecular weight is 427 g/mol. The SMILES string of the molecule is [B](c1cccc(C2CCCN(c3ncnc4[nH]ccc34)C2)c1)C1CCCCCCCCC1. The number of fused-ring (bicyclic) bond motifs is 1. The van der Waals surface area contributed by atoms with Gasteiger partial charge in [0.05, 0.1) is 5.39 Å². The summed E-state index contributed by atoms with van der Waals surface area (Å²) >= 11 is 0. The fourth-order valence-electron chi connectivity index (χ4n) is 5.75. The molecule has 1 aliphatic carbocycles. The highest BCUT2D eigenvalue weighted by atomic mass is 15.2. The molecule has 32 heavy (non-hydrogen) atoms. The lowest BCUT2D eigenvalue weighted by Gasteiger charge is -2.34. The molecule has 1 N–H and O–H groups in total. The molecular weight excluding hydrogens is 391 g/mol. The molecule has 1 radical (unpaired) electrons. The number of nitrogens with zero attached hydrogens (tertiary/aromatic N) is 3. The van der Waals surface area contributed by atoms with Crippen LogP contribution in [0.4, 0.5) is 5.82 Å². The zero-order chi connectivity index (χ0) is 21.6. The van der Waals surface area contributed by atoms with Crippen LogP contribution in [0.15, 0.2) is 42.9 Å². The van der Waals surface area contributed by atoms with E-state index < -0.39 is 0 Å². The Morgan fingerprint density at radius 3 is 2.53 bits per heavy atom. The predicted octanol–water partition coefficient (Wildman–Crippen LogP) is 5.98. The Balaban J connectivity index is 1.27. The number of rotatable bonds is 4. The lowest BCUT2D eigenvalue weighted by Crippen LogP contribution is -2.35. The minimum Gasteiger partial charge on any atom is -0.355 e. The zero-order valence-corrected chi connectivity index (χ0v) is 19.3. The molecule has 167 valence electrons. The zero-order valence-electron chi connectivity index (χ0n) is 19.3. The van der Waals surface area contributed by atoms with Crippen molar-refractivity contribution in [2.45, 2.75) is 82.4 Å². The summed E-state index contributed by atoms with van der Waals surface area (Å²) in [5.41, 5.74) is 3.85. The first-order valence-corrected chi connectivity index (χ1v) is 12.8. The molecule has 2 fully saturated rings. The Bertz CT molecular complexity index is 990. The van der Waals surface area contributed by atoms with Crippen LogP contribution in [0.25, 0.3) is 11.0 Å². The van der Waals surface area contributed by atoms with Crippen LogP contribution in [0.1, 0.15) is 82.1 Å². The maximum atomic E-state index is 4.65. The molecule has 1 saturated carbocycles. The molecule has 5 heteroatoms. The summed E-state index contributed by atoms with van der Waals surface area (Å²) in [5.74, 6) is 2.38. The molecule has 3 aromatic rings. The Kier molecular flexibility index (Phi) is 7.10. The van der Waals surface area contributed by atoms with Crippen molar-refractivity contribution in [3.8, 4) is 0 Å². The standard InChI is InChI=1S/C27H36BN4/c1-2-4-6-12-23(13-7-5-3-1)28-24-14-8-10-21(18-24)22-11-9-17-32(19-22)27-25-15-16-29-26(25)30-20-31-27/h8,10,14-16,18,20,22-23H,1-7,9,11-13,17,19H2,(H,29,30,31). The number of benzene rings is 1. The number of piperidine rings is 1. The normalized spacial score (nSPS) is 21.5. The second-order valence-electron chi connectivity index (χ2n) is 9.87. The third-order valence-corrected chi connectivity index (χ3v) is 7.51. The number of hydrogen-bond donors (Lipinski definition) is 1. The second-order valence-corrected chi connectivity index (χ2v) is 9.87. The number of anilines is 1. The van der Waals surface area contributed by atoms with Crippen molar-refractivity contribution in [2.24, 2.45) is 0 Å². The van der Waals surface area contributed by atoms with Gasteiger partial charge in [-0.05, 0) is 24.5 Å². The first-order valence-electron chi connectivity index (χ1n) is 12.8. The van der Waals surface area contributed by atoms with E-state index in [9.17, 15) is 0 Å². The van der Waals surface area contributed by atoms with Gasteiger partial charge in [-0.2, -0.15) is 0 Å². The van der Waals surface area contributed by atoms with Crippen LogP contribution in [-0.4, -0.2) is 35.3 Å². The van der Waals surface area contributed by atoms with E-state index in [1.807, 2.05) is 6.20 Å². The number of hydrogen-bond acceptors (Lipinski definition) is 3. The average Bonchev–Trinajstić information content (AvgIpc) is 3.33. The first-order chi connectivity index (χ1) is 15.9. The molecular formula is C27H36BN4. The van der Waals surface area contributed by atoms with Crippen LogP contribution in [-0.2, 0) is 0 Å². The van der Waals surface area contributed by atoms with Crippen LogP contribution in [0.2, 0.25) is 5.82 Å². The molecule has 1 aromatic carbocycles. The van der Waals surface area contributed by atoms with Crippen LogP contribution >= 0.6 is 0 Å². The topological polar surface area (TPSA) is 44.8 Å². The molecule has 2 aliphatic rings. The molecule has 4 nitrogen and oxygen atoms in total. The second kappa shape index (κ2) is 10.5. The van der Waals surface area contributed by atoms with Gasteiger partial charge >= 0.3 is 0 Å². The van der Waals surface area contributed by atoms with Gasteiger partial charge in [-0.15, -0.1) is 0 Å². The van der Waals surface area contributed by atoms with E-state index in [-0.39, 0.29) is 0 Å². The maximum absolute atomic E-state index is 4.65. The third kappa shape index (κ3) is 5.19. The minimum absolute atomic E-state index is 0.560. The van der Waals surface area contributed by atoms with E-state index in [4.69, 9.17) is 0 Å². The lowest BCUT2D eigenvalue weighted by molar-refractivity contribution is 0.503. The van der Waals surface area contributed by atoms with E-state index in [1.165, 1.54) is 81.7 Å². The number of nitrogens with one attached hydrogen (secondary N) is 1. The lowest BCUT2D eigenvalue weighted by atomic mass is 9.55. The van der Waals surface area contributed by atoms with Gasteiger partial charge < -0.3 is 9.88 Å². The predicted molar refractivity (Wildman–Crippen MR) is 135 cm³/mol. The number of aromatic nitrogens is 3. The smallest absolute Gasteiger partial charge is 0.155 e. The quantitative estimate of drug-likeness (QED) is 0.521. The van der Waals surface area contributed by atoms with Crippen LogP contribution in [0, 0.1) is 0 Å². The van der Waals surface area contributed by atoms with Crippen LogP contribution in [0.5, 0.6) is 0 Å². The minimum atomic E-state index is 0.560. The molecule has 0 spiro atoms. The Morgan fingerprint density at radius 1 is 0.875 bits per heavy atom. The van der Waals surface area contributed by atoms with Crippen molar-refractivity contribution in [3.63, 3.8) is 0 Å². The summed E-state index contributed by atoms with van der Waals surface area (Å²) in [6.45, 7) is 2.10. The molecule has 0 bridgehead atoms. The fraction of sp³-hybridized carbons (Fsp3) is 0.556. The van der Waals surface area contributed by atoms with Gasteiger partial charge in [0, 0.05) is 25.2 Å². The molecule has 1 aliphatic heterocycles. The van der Waals surface area contributed by atoms with Crippen molar-refractivity contribution >= 4 is 29.6 Å². The maximum Gasteiger partial charge on any atom is 0.155 e. The van der Waals surface area contributed by atoms with Crippen molar-refractivity contribution < 1.29 is 0 Å². The third-order valence-electron chi connectivity index (χ3n) is 7.51. The molecule has 5 rings (SSSR count). The molecule has 0 amide bonds. The van der Waals surface area contributed by atoms with E-state index in [1.54, 1.807) is 6.33 Å². The number of H-pyrrole nitrogens is 1. The molecule has 1 saturated heterocycles. The van der Waals surface area contributed by atoms with Crippen molar-refractivity contribution in [2.75, 3.05) is 18.0 Å². The summed E-state index contributed by atoms with van der Waals surface area (Å²) < 4.78 is 0. The summed E-state index contributed by atoms with van der Waals surface area (Å²) in [5, 5.41) is 1.13. The Hall–Kier alpha value is -2.30. The fourth-order valence-corrected chi connectivity index (χ4v) is 5.75. The van der Waals surface area contributed by atoms with Gasteiger partial charge in [-0.1, -0.05) is 93.3 Å². The summed E-state index contributed by atoms with van der Waals surface area (Å²) in [7, 11) is 2.58. The van der Waals surface area contributed by atoms with Crippen molar-refractivity contribution in [3.05, 3.63) is 48.4 Å². The van der Waals surface area contributed by atoms with Crippen LogP contribution in [0.3, 0.4) is 0 Å². The monoisotopic (exact) mass is 427 g/mol. The van der Waals surface area contributed by atoms with Gasteiger partial charge in [-0.25, -0.2) is 9.97 Å². The molecule has 3 heterocycles. The van der Waals surface area contributed by atoms with E-state index >= 15 is 0 Å². The van der Waals surface area contributed by atoms with Crippen molar-refractivity contribution in [1.82, 2.24) is 15.0 Å². The molecule has 1 unspecified atom stereocenters. The van der Waals surface area contributed by atoms with Crippen molar-refractivity contribution in [1.29, 1.82) is 0 Å². The highest BCUT2D eigenvalue weighted by molar-refractivity contribution is 6.55. The summed E-state index contributed by atoms with van der Waals surface area (Å²) in [4.78, 5) is 14.7. The molecule has 2 aromatic heterocycles. The molecule has 1 atom stereocenters. The Labute approximate surface area is 193 Å². The summed E-state index contributed by atoms with van der Waals surface area (Å²) in [6.07, 6.45) is 18.8.